The van der Waals surface area contributed by atoms with E-state index in [4.69, 9.17) is 0 Å². The predicted octanol–water partition coefficient (Wildman–Crippen LogP) is 16.2. The summed E-state index contributed by atoms with van der Waals surface area (Å²) in [5, 5.41) is 0. The van der Waals surface area contributed by atoms with Gasteiger partial charge in [-0.05, 0) is 123 Å². The number of carbonyl (C=O) groups excluding carboxylic acids is 2. The second-order valence-electron chi connectivity index (χ2n) is 18.7. The topological polar surface area (TPSA) is 34.1 Å². The van der Waals surface area contributed by atoms with Crippen LogP contribution in [0.2, 0.25) is 0 Å². The van der Waals surface area contributed by atoms with Crippen LogP contribution in [-0.4, -0.2) is 11.6 Å². The third-order valence-corrected chi connectivity index (χ3v) is 13.5. The number of hydrogen-bond acceptors (Lipinski definition) is 2. The van der Waals surface area contributed by atoms with E-state index in [2.05, 4.69) is 72.4 Å². The van der Waals surface area contributed by atoms with Crippen molar-refractivity contribution < 1.29 is 9.59 Å². The summed E-state index contributed by atoms with van der Waals surface area (Å²) < 4.78 is 0. The minimum absolute atomic E-state index is 0.102. The molecular weight excluding hydrogens is 945 g/mol. The van der Waals surface area contributed by atoms with Crippen molar-refractivity contribution in [2.75, 3.05) is 0 Å². The summed E-state index contributed by atoms with van der Waals surface area (Å²) in [6.45, 7) is 4.45. The minimum atomic E-state index is -0.236. The van der Waals surface area contributed by atoms with E-state index in [0.717, 1.165) is 66.8 Å². The second kappa shape index (κ2) is 23.2. The van der Waals surface area contributed by atoms with Crippen LogP contribution >= 0.6 is 0 Å². The lowest BCUT2D eigenvalue weighted by atomic mass is 9.82. The molecule has 78 heavy (non-hydrogen) atoms. The van der Waals surface area contributed by atoms with Gasteiger partial charge in [0.2, 0.25) is 0 Å². The van der Waals surface area contributed by atoms with Crippen molar-refractivity contribution in [1.82, 2.24) is 0 Å². The largest absolute Gasteiger partial charge is 0.289 e. The normalized spacial score (nSPS) is 12.0. The minimum Gasteiger partial charge on any atom is -0.289 e. The molecule has 2 nitrogen and oxygen atoms in total. The van der Waals surface area contributed by atoms with Gasteiger partial charge in [0.15, 0.2) is 11.6 Å². The summed E-state index contributed by atoms with van der Waals surface area (Å²) in [5.41, 5.74) is 15.2. The van der Waals surface area contributed by atoms with Crippen molar-refractivity contribution in [2.45, 2.75) is 0 Å². The van der Waals surface area contributed by atoms with Gasteiger partial charge in [0, 0.05) is 72.4 Å². The first-order valence-electron chi connectivity index (χ1n) is 25.8. The van der Waals surface area contributed by atoms with E-state index in [1.165, 1.54) is 0 Å². The van der Waals surface area contributed by atoms with Crippen LogP contribution in [0, 0.1) is 35.5 Å². The Balaban J connectivity index is 1.21. The first-order chi connectivity index (χ1) is 38.4. The van der Waals surface area contributed by atoms with E-state index in [0.29, 0.717) is 50.1 Å². The molecule has 0 heterocycles. The van der Waals surface area contributed by atoms with Crippen LogP contribution in [0.15, 0.2) is 286 Å². The molecule has 0 saturated heterocycles. The zero-order valence-electron chi connectivity index (χ0n) is 42.6. The lowest BCUT2D eigenvalue weighted by Crippen LogP contribution is -2.09. The van der Waals surface area contributed by atoms with Gasteiger partial charge in [-0.25, -0.2) is 0 Å². The van der Waals surface area contributed by atoms with Crippen molar-refractivity contribution in [3.05, 3.63) is 364 Å². The van der Waals surface area contributed by atoms with Gasteiger partial charge in [-0.1, -0.05) is 242 Å². The van der Waals surface area contributed by atoms with E-state index in [1.807, 2.05) is 249 Å². The average molecular weight is 993 g/mol. The van der Waals surface area contributed by atoms with Gasteiger partial charge in [-0.3, -0.25) is 9.59 Å². The maximum absolute atomic E-state index is 15.8. The van der Waals surface area contributed by atoms with Gasteiger partial charge < -0.3 is 0 Å². The standard InChI is InChI=1S/C76H48O2/c1-54(61-29-15-5-16-30-61)75(77)72(62-31-17-6-18-32-62)69(65-47-43-58(44-48-65)39-37-55-23-9-2-10-24-55)67-51-60(42-41-57-27-13-4-14-28-57)52-68(53-67)71-70(66-49-45-59(46-50-66)40-38-56-25-11-3-12-26-56)73(63-33-19-7-20-34-63)76(78)74(71)64-35-21-8-22-36-64/h2-36,43-53H,1H2/b72-69+. The fourth-order valence-electron chi connectivity index (χ4n) is 9.74. The molecule has 0 radical (unpaired) electrons. The van der Waals surface area contributed by atoms with Crippen LogP contribution in [0.25, 0.3) is 39.0 Å². The van der Waals surface area contributed by atoms with Crippen LogP contribution in [0.4, 0.5) is 0 Å². The zero-order valence-corrected chi connectivity index (χ0v) is 42.6. The Hall–Kier alpha value is -10.8. The van der Waals surface area contributed by atoms with E-state index < -0.39 is 0 Å². The third-order valence-electron chi connectivity index (χ3n) is 13.5. The molecule has 0 spiro atoms. The zero-order chi connectivity index (χ0) is 53.0. The number of allylic oxidation sites excluding steroid dienone is 6. The summed E-state index contributed by atoms with van der Waals surface area (Å²) in [5.74, 6) is 19.9. The molecular formula is C76H48O2. The number of hydrogen-bond donors (Lipinski definition) is 0. The third kappa shape index (κ3) is 11.0. The lowest BCUT2D eigenvalue weighted by Gasteiger charge is -2.20. The predicted molar refractivity (Wildman–Crippen MR) is 321 cm³/mol. The SMILES string of the molecule is C=C(C(=O)/C(=C(\c1ccc(C#Cc2ccccc2)cc1)c1cc(C#Cc2ccccc2)cc(C2=C(c3ccccc3)C(=O)C(c3ccccc3)=C2c2ccc(C#Cc3ccccc3)cc2)c1)c1ccccc1)c1ccccc1. The Labute approximate surface area is 456 Å². The summed E-state index contributed by atoms with van der Waals surface area (Å²) in [4.78, 5) is 31.5. The first kappa shape index (κ1) is 49.4. The molecule has 0 bridgehead atoms. The number of benzene rings is 10. The van der Waals surface area contributed by atoms with Crippen molar-refractivity contribution >= 4 is 50.6 Å². The summed E-state index contributed by atoms with van der Waals surface area (Å²) >= 11 is 0. The Kier molecular flexibility index (Phi) is 14.7. The van der Waals surface area contributed by atoms with Gasteiger partial charge in [-0.15, -0.1) is 0 Å². The van der Waals surface area contributed by atoms with E-state index in [9.17, 15) is 0 Å². The van der Waals surface area contributed by atoms with E-state index in [1.54, 1.807) is 0 Å². The molecule has 10 aromatic rings. The molecule has 0 fully saturated rings. The van der Waals surface area contributed by atoms with Gasteiger partial charge in [0.1, 0.15) is 0 Å². The monoisotopic (exact) mass is 992 g/mol. The molecule has 2 heteroatoms. The maximum Gasteiger partial charge on any atom is 0.195 e. The highest BCUT2D eigenvalue weighted by Crippen LogP contribution is 2.51. The fourth-order valence-corrected chi connectivity index (χ4v) is 9.74. The molecule has 11 rings (SSSR count). The number of ketones is 2. The van der Waals surface area contributed by atoms with Crippen LogP contribution < -0.4 is 0 Å². The Morgan fingerprint density at radius 3 is 1.08 bits per heavy atom. The van der Waals surface area contributed by atoms with Crippen LogP contribution in [0.5, 0.6) is 0 Å². The number of Topliss-reactive ketones (excluding diaryl/α,β-unsaturated/α-hetero) is 2. The first-order valence-corrected chi connectivity index (χ1v) is 25.8. The summed E-state index contributed by atoms with van der Waals surface area (Å²) in [6, 6.07) is 91.3. The van der Waals surface area contributed by atoms with Crippen molar-refractivity contribution in [3.8, 4) is 35.5 Å². The molecule has 10 aromatic carbocycles. The number of rotatable bonds is 10. The van der Waals surface area contributed by atoms with Crippen molar-refractivity contribution in [2.24, 2.45) is 0 Å². The van der Waals surface area contributed by atoms with Gasteiger partial charge in [-0.2, -0.15) is 0 Å². The van der Waals surface area contributed by atoms with E-state index in [-0.39, 0.29) is 11.6 Å². The Morgan fingerprint density at radius 2 is 0.628 bits per heavy atom. The molecule has 0 amide bonds. The molecule has 0 atom stereocenters. The summed E-state index contributed by atoms with van der Waals surface area (Å²) in [6.07, 6.45) is 0. The van der Waals surface area contributed by atoms with Gasteiger partial charge in [0.25, 0.3) is 0 Å². The van der Waals surface area contributed by atoms with Crippen molar-refractivity contribution in [3.63, 3.8) is 0 Å². The molecule has 0 aliphatic heterocycles. The highest BCUT2D eigenvalue weighted by molar-refractivity contribution is 6.59. The molecule has 1 aliphatic rings. The summed E-state index contributed by atoms with van der Waals surface area (Å²) in [7, 11) is 0. The molecule has 0 saturated carbocycles. The van der Waals surface area contributed by atoms with Crippen LogP contribution in [0.3, 0.4) is 0 Å². The van der Waals surface area contributed by atoms with Crippen LogP contribution in [-0.2, 0) is 9.59 Å². The highest BCUT2D eigenvalue weighted by atomic mass is 16.1. The van der Waals surface area contributed by atoms with Gasteiger partial charge in [0.05, 0.1) is 0 Å². The quantitative estimate of drug-likeness (QED) is 0.0777. The number of carbonyl (C=O) groups is 2. The van der Waals surface area contributed by atoms with E-state index >= 15 is 9.59 Å². The van der Waals surface area contributed by atoms with Crippen molar-refractivity contribution in [1.29, 1.82) is 0 Å². The lowest BCUT2D eigenvalue weighted by molar-refractivity contribution is -0.109. The Morgan fingerprint density at radius 1 is 0.282 bits per heavy atom. The second-order valence-corrected chi connectivity index (χ2v) is 18.7. The molecule has 364 valence electrons. The highest BCUT2D eigenvalue weighted by Gasteiger charge is 2.36. The molecule has 1 aliphatic carbocycles. The Bertz CT molecular complexity index is 4150. The fraction of sp³-hybridized carbons (Fsp3) is 0. The molecule has 0 N–H and O–H groups in total. The van der Waals surface area contributed by atoms with Gasteiger partial charge >= 0.3 is 0 Å². The smallest absolute Gasteiger partial charge is 0.195 e. The molecule has 0 unspecified atom stereocenters. The molecule has 0 aromatic heterocycles. The average Bonchev–Trinajstić information content (AvgIpc) is 3.96. The maximum atomic E-state index is 15.8. The van der Waals surface area contributed by atoms with Crippen LogP contribution in [0.1, 0.15) is 77.9 Å².